The molecule has 4 nitrogen and oxygen atoms in total. The summed E-state index contributed by atoms with van der Waals surface area (Å²) < 4.78 is 0. The third-order valence-electron chi connectivity index (χ3n) is 1.38. The zero-order valence-corrected chi connectivity index (χ0v) is 6.70. The molecule has 1 aromatic rings. The van der Waals surface area contributed by atoms with E-state index in [-0.39, 0.29) is 0 Å². The molecule has 12 heavy (non-hydrogen) atoms. The fourth-order valence-corrected chi connectivity index (χ4v) is 0.830. The van der Waals surface area contributed by atoms with Crippen LogP contribution in [0, 0.1) is 0 Å². The monoisotopic (exact) mass is 166 g/mol. The van der Waals surface area contributed by atoms with Gasteiger partial charge >= 0.3 is 6.47 Å². The standard InChI is InChI=1S/C8H10N2O2/c1-9-7-3-2-4-8(5-7)10-12-6-11/h2-6,9-10H,1H3. The zero-order valence-electron chi connectivity index (χ0n) is 6.70. The molecule has 0 heterocycles. The maximum Gasteiger partial charge on any atom is 0.320 e. The molecule has 64 valence electrons. The lowest BCUT2D eigenvalue weighted by Crippen LogP contribution is -1.98. The largest absolute Gasteiger partial charge is 0.388 e. The first-order valence-corrected chi connectivity index (χ1v) is 3.50. The Hall–Kier alpha value is -1.71. The van der Waals surface area contributed by atoms with E-state index in [1.807, 2.05) is 25.2 Å². The number of anilines is 2. The number of benzene rings is 1. The molecule has 0 unspecified atom stereocenters. The molecule has 0 amide bonds. The van der Waals surface area contributed by atoms with Crippen LogP contribution in [0.2, 0.25) is 0 Å². The SMILES string of the molecule is CNc1cccc(NOC=O)c1. The van der Waals surface area contributed by atoms with Crippen molar-refractivity contribution in [3.8, 4) is 0 Å². The Kier molecular flexibility index (Phi) is 2.95. The van der Waals surface area contributed by atoms with Gasteiger partial charge in [-0.25, -0.2) is 5.48 Å². The predicted molar refractivity (Wildman–Crippen MR) is 46.8 cm³/mol. The van der Waals surface area contributed by atoms with Gasteiger partial charge in [0, 0.05) is 12.7 Å². The fourth-order valence-electron chi connectivity index (χ4n) is 0.830. The van der Waals surface area contributed by atoms with Crippen LogP contribution in [-0.4, -0.2) is 13.5 Å². The summed E-state index contributed by atoms with van der Waals surface area (Å²) in [6.07, 6.45) is 0. The predicted octanol–water partition coefficient (Wildman–Crippen LogP) is 1.23. The third kappa shape index (κ3) is 2.16. The molecule has 4 heteroatoms. The van der Waals surface area contributed by atoms with Crippen molar-refractivity contribution in [2.75, 3.05) is 17.8 Å². The first-order chi connectivity index (χ1) is 5.86. The summed E-state index contributed by atoms with van der Waals surface area (Å²) >= 11 is 0. The molecule has 0 aliphatic rings. The van der Waals surface area contributed by atoms with Crippen molar-refractivity contribution in [1.82, 2.24) is 0 Å². The number of hydrogen-bond donors (Lipinski definition) is 2. The Morgan fingerprint density at radius 1 is 1.42 bits per heavy atom. The van der Waals surface area contributed by atoms with Gasteiger partial charge in [0.15, 0.2) is 0 Å². The highest BCUT2D eigenvalue weighted by atomic mass is 16.7. The average Bonchev–Trinajstić information content (AvgIpc) is 2.15. The topological polar surface area (TPSA) is 50.4 Å². The van der Waals surface area contributed by atoms with Crippen molar-refractivity contribution in [1.29, 1.82) is 0 Å². The van der Waals surface area contributed by atoms with Crippen LogP contribution in [0.15, 0.2) is 24.3 Å². The van der Waals surface area contributed by atoms with Crippen molar-refractivity contribution >= 4 is 17.8 Å². The quantitative estimate of drug-likeness (QED) is 0.521. The summed E-state index contributed by atoms with van der Waals surface area (Å²) in [5, 5.41) is 2.96. The number of carbonyl (C=O) groups excluding carboxylic acids is 1. The Morgan fingerprint density at radius 2 is 2.17 bits per heavy atom. The van der Waals surface area contributed by atoms with Gasteiger partial charge in [-0.15, -0.1) is 0 Å². The van der Waals surface area contributed by atoms with E-state index in [1.54, 1.807) is 6.07 Å². The summed E-state index contributed by atoms with van der Waals surface area (Å²) in [6, 6.07) is 7.38. The molecule has 0 bridgehead atoms. The lowest BCUT2D eigenvalue weighted by molar-refractivity contribution is -0.126. The fraction of sp³-hybridized carbons (Fsp3) is 0.125. The van der Waals surface area contributed by atoms with Crippen LogP contribution in [0.4, 0.5) is 11.4 Å². The van der Waals surface area contributed by atoms with Gasteiger partial charge in [-0.2, -0.15) is 0 Å². The Balaban J connectivity index is 2.65. The van der Waals surface area contributed by atoms with E-state index in [9.17, 15) is 4.79 Å². The first-order valence-electron chi connectivity index (χ1n) is 3.50. The second kappa shape index (κ2) is 4.23. The van der Waals surface area contributed by atoms with E-state index in [0.29, 0.717) is 6.47 Å². The molecular weight excluding hydrogens is 156 g/mol. The van der Waals surface area contributed by atoms with Gasteiger partial charge in [-0.3, -0.25) is 4.79 Å². The molecule has 2 N–H and O–H groups in total. The van der Waals surface area contributed by atoms with Gasteiger partial charge in [0.05, 0.1) is 5.69 Å². The van der Waals surface area contributed by atoms with Crippen molar-refractivity contribution in [2.24, 2.45) is 0 Å². The molecule has 1 rings (SSSR count). The lowest BCUT2D eigenvalue weighted by atomic mass is 10.3. The molecule has 0 saturated heterocycles. The van der Waals surface area contributed by atoms with Crippen molar-refractivity contribution in [3.63, 3.8) is 0 Å². The van der Waals surface area contributed by atoms with Crippen LogP contribution in [0.25, 0.3) is 0 Å². The Bertz CT molecular complexity index is 263. The molecule has 0 radical (unpaired) electrons. The second-order valence-corrected chi connectivity index (χ2v) is 2.15. The number of rotatable bonds is 4. The molecule has 0 atom stereocenters. The minimum absolute atomic E-state index is 0.339. The van der Waals surface area contributed by atoms with Crippen LogP contribution >= 0.6 is 0 Å². The smallest absolute Gasteiger partial charge is 0.320 e. The van der Waals surface area contributed by atoms with Crippen molar-refractivity contribution < 1.29 is 9.63 Å². The number of hydrogen-bond acceptors (Lipinski definition) is 4. The summed E-state index contributed by atoms with van der Waals surface area (Å²) in [5.74, 6) is 0. The zero-order chi connectivity index (χ0) is 8.81. The third-order valence-corrected chi connectivity index (χ3v) is 1.38. The van der Waals surface area contributed by atoms with Gasteiger partial charge in [-0.05, 0) is 18.2 Å². The molecule has 0 aromatic heterocycles. The highest BCUT2D eigenvalue weighted by molar-refractivity contribution is 5.56. The maximum atomic E-state index is 9.83. The van der Waals surface area contributed by atoms with Gasteiger partial charge in [0.2, 0.25) is 0 Å². The summed E-state index contributed by atoms with van der Waals surface area (Å²) in [4.78, 5) is 14.2. The molecule has 0 fully saturated rings. The molecular formula is C8H10N2O2. The normalized spacial score (nSPS) is 8.75. The van der Waals surface area contributed by atoms with E-state index in [0.717, 1.165) is 11.4 Å². The molecule has 0 aliphatic carbocycles. The van der Waals surface area contributed by atoms with Crippen LogP contribution in [0.5, 0.6) is 0 Å². The Morgan fingerprint density at radius 3 is 2.83 bits per heavy atom. The highest BCUT2D eigenvalue weighted by Gasteiger charge is 1.91. The van der Waals surface area contributed by atoms with Crippen molar-refractivity contribution in [2.45, 2.75) is 0 Å². The minimum Gasteiger partial charge on any atom is -0.388 e. The molecule has 1 aromatic carbocycles. The number of nitrogens with one attached hydrogen (secondary N) is 2. The number of carbonyl (C=O) groups is 1. The maximum absolute atomic E-state index is 9.83. The van der Waals surface area contributed by atoms with Crippen LogP contribution < -0.4 is 10.8 Å². The van der Waals surface area contributed by atoms with Gasteiger partial charge in [-0.1, -0.05) is 6.07 Å². The van der Waals surface area contributed by atoms with E-state index in [1.165, 1.54) is 0 Å². The average molecular weight is 166 g/mol. The molecule has 0 spiro atoms. The summed E-state index contributed by atoms with van der Waals surface area (Å²) in [5.41, 5.74) is 4.14. The van der Waals surface area contributed by atoms with E-state index in [4.69, 9.17) is 0 Å². The van der Waals surface area contributed by atoms with Gasteiger partial charge in [0.1, 0.15) is 0 Å². The lowest BCUT2D eigenvalue weighted by Gasteiger charge is -2.04. The van der Waals surface area contributed by atoms with Crippen LogP contribution in [0.1, 0.15) is 0 Å². The molecule has 0 aliphatic heterocycles. The van der Waals surface area contributed by atoms with E-state index < -0.39 is 0 Å². The summed E-state index contributed by atoms with van der Waals surface area (Å²) in [6.45, 7) is 0.339. The van der Waals surface area contributed by atoms with Gasteiger partial charge < -0.3 is 10.2 Å². The van der Waals surface area contributed by atoms with Crippen molar-refractivity contribution in [3.05, 3.63) is 24.3 Å². The second-order valence-electron chi connectivity index (χ2n) is 2.15. The Labute approximate surface area is 70.5 Å². The first kappa shape index (κ1) is 8.39. The van der Waals surface area contributed by atoms with Crippen LogP contribution in [0.3, 0.4) is 0 Å². The van der Waals surface area contributed by atoms with Gasteiger partial charge in [0.25, 0.3) is 0 Å². The van der Waals surface area contributed by atoms with E-state index >= 15 is 0 Å². The highest BCUT2D eigenvalue weighted by Crippen LogP contribution is 2.13. The minimum atomic E-state index is 0.339. The summed E-state index contributed by atoms with van der Waals surface area (Å²) in [7, 11) is 1.82. The van der Waals surface area contributed by atoms with E-state index in [2.05, 4.69) is 15.6 Å². The van der Waals surface area contributed by atoms with Crippen LogP contribution in [-0.2, 0) is 9.63 Å². The molecule has 0 saturated carbocycles.